The van der Waals surface area contributed by atoms with E-state index in [1.807, 2.05) is 0 Å². The highest BCUT2D eigenvalue weighted by molar-refractivity contribution is 4.73. The summed E-state index contributed by atoms with van der Waals surface area (Å²) >= 11 is 0. The van der Waals surface area contributed by atoms with Gasteiger partial charge in [-0.2, -0.15) is 0 Å². The van der Waals surface area contributed by atoms with E-state index in [0.717, 1.165) is 38.6 Å². The molecule has 0 amide bonds. The zero-order valence-electron chi connectivity index (χ0n) is 17.1. The first kappa shape index (κ1) is 23.0. The van der Waals surface area contributed by atoms with Crippen LogP contribution in [0.1, 0.15) is 110 Å². The number of rotatable bonds is 18. The number of hydrogen-bond donors (Lipinski definition) is 0. The van der Waals surface area contributed by atoms with Crippen molar-refractivity contribution in [3.63, 3.8) is 0 Å². The summed E-state index contributed by atoms with van der Waals surface area (Å²) in [5, 5.41) is 0. The lowest BCUT2D eigenvalue weighted by atomic mass is 9.97. The van der Waals surface area contributed by atoms with Gasteiger partial charge in [0.25, 0.3) is 0 Å². The van der Waals surface area contributed by atoms with Crippen LogP contribution in [0.15, 0.2) is 0 Å². The van der Waals surface area contributed by atoms with Crippen molar-refractivity contribution in [1.29, 1.82) is 0 Å². The maximum Gasteiger partial charge on any atom is 0.0812 e. The summed E-state index contributed by atoms with van der Waals surface area (Å²) in [6.45, 7) is 8.72. The Labute approximate surface area is 158 Å². The van der Waals surface area contributed by atoms with Crippen LogP contribution < -0.4 is 0 Å². The van der Waals surface area contributed by atoms with Crippen LogP contribution in [-0.4, -0.2) is 25.9 Å². The maximum absolute atomic E-state index is 5.86. The molecule has 0 spiro atoms. The van der Waals surface area contributed by atoms with Gasteiger partial charge in [0.05, 0.1) is 12.7 Å². The van der Waals surface area contributed by atoms with Gasteiger partial charge in [0.15, 0.2) is 0 Å². The monoisotopic (exact) mass is 353 g/mol. The van der Waals surface area contributed by atoms with Gasteiger partial charge < -0.3 is 9.47 Å². The molecule has 0 bridgehead atoms. The Bertz CT molecular complexity index is 267. The third-order valence-electron chi connectivity index (χ3n) is 5.47. The molecule has 0 aliphatic carbocycles. The summed E-state index contributed by atoms with van der Waals surface area (Å²) in [5.74, 6) is 0.782. The number of unbranched alkanes of at least 4 members (excludes halogenated alkanes) is 12. The number of ether oxygens (including phenoxy) is 2. The third kappa shape index (κ3) is 13.7. The first-order valence-electron chi connectivity index (χ1n) is 11.4. The van der Waals surface area contributed by atoms with Gasteiger partial charge in [-0.15, -0.1) is 0 Å². The van der Waals surface area contributed by atoms with Gasteiger partial charge in [0.2, 0.25) is 0 Å². The van der Waals surface area contributed by atoms with Crippen LogP contribution >= 0.6 is 0 Å². The van der Waals surface area contributed by atoms with Crippen LogP contribution in [0.4, 0.5) is 0 Å². The van der Waals surface area contributed by atoms with Gasteiger partial charge in [-0.05, 0) is 25.2 Å². The van der Waals surface area contributed by atoms with E-state index in [1.54, 1.807) is 0 Å². The van der Waals surface area contributed by atoms with Gasteiger partial charge in [-0.3, -0.25) is 0 Å². The van der Waals surface area contributed by atoms with Crippen molar-refractivity contribution >= 4 is 0 Å². The lowest BCUT2D eigenvalue weighted by Gasteiger charge is -2.10. The minimum atomic E-state index is 0.354. The molecule has 1 heterocycles. The van der Waals surface area contributed by atoms with Crippen molar-refractivity contribution < 1.29 is 9.47 Å². The highest BCUT2D eigenvalue weighted by atomic mass is 16.5. The molecule has 1 saturated heterocycles. The van der Waals surface area contributed by atoms with Gasteiger partial charge >= 0.3 is 0 Å². The highest BCUT2D eigenvalue weighted by Gasteiger charge is 2.24. The van der Waals surface area contributed by atoms with E-state index in [2.05, 4.69) is 13.8 Å². The molecule has 1 rings (SSSR count). The Morgan fingerprint density at radius 2 is 1.44 bits per heavy atom. The minimum absolute atomic E-state index is 0.354. The van der Waals surface area contributed by atoms with Crippen molar-refractivity contribution in [2.75, 3.05) is 19.8 Å². The SMILES string of the molecule is [CH2]CCCOCC1CC(CCCCCCCCCCCCCC)CO1. The molecule has 1 fully saturated rings. The van der Waals surface area contributed by atoms with Crippen LogP contribution in [0.5, 0.6) is 0 Å². The maximum atomic E-state index is 5.86. The Morgan fingerprint density at radius 1 is 0.840 bits per heavy atom. The lowest BCUT2D eigenvalue weighted by Crippen LogP contribution is -2.14. The highest BCUT2D eigenvalue weighted by Crippen LogP contribution is 2.25. The van der Waals surface area contributed by atoms with E-state index in [4.69, 9.17) is 9.47 Å². The topological polar surface area (TPSA) is 18.5 Å². The third-order valence-corrected chi connectivity index (χ3v) is 5.47. The van der Waals surface area contributed by atoms with E-state index in [-0.39, 0.29) is 0 Å². The van der Waals surface area contributed by atoms with E-state index in [0.29, 0.717) is 6.10 Å². The fourth-order valence-electron chi connectivity index (χ4n) is 3.79. The Balaban J connectivity index is 1.78. The number of hydrogen-bond acceptors (Lipinski definition) is 2. The van der Waals surface area contributed by atoms with Gasteiger partial charge in [-0.1, -0.05) is 97.3 Å². The van der Waals surface area contributed by atoms with Crippen LogP contribution in [-0.2, 0) is 9.47 Å². The molecule has 1 aliphatic rings. The average molecular weight is 354 g/mol. The second-order valence-corrected chi connectivity index (χ2v) is 8.02. The molecule has 1 radical (unpaired) electrons. The summed E-state index contributed by atoms with van der Waals surface area (Å²) in [7, 11) is 0. The second kappa shape index (κ2) is 17.3. The molecule has 2 atom stereocenters. The predicted molar refractivity (Wildman–Crippen MR) is 109 cm³/mol. The zero-order chi connectivity index (χ0) is 18.0. The molecule has 2 heteroatoms. The zero-order valence-corrected chi connectivity index (χ0v) is 17.1. The Morgan fingerprint density at radius 3 is 2.04 bits per heavy atom. The molecule has 25 heavy (non-hydrogen) atoms. The first-order chi connectivity index (χ1) is 12.4. The molecule has 1 aliphatic heterocycles. The fraction of sp³-hybridized carbons (Fsp3) is 0.957. The van der Waals surface area contributed by atoms with E-state index in [9.17, 15) is 0 Å². The fourth-order valence-corrected chi connectivity index (χ4v) is 3.79. The van der Waals surface area contributed by atoms with Crippen molar-refractivity contribution in [3.05, 3.63) is 6.92 Å². The second-order valence-electron chi connectivity index (χ2n) is 8.02. The van der Waals surface area contributed by atoms with Gasteiger partial charge in [-0.25, -0.2) is 0 Å². The molecule has 0 N–H and O–H groups in total. The van der Waals surface area contributed by atoms with Gasteiger partial charge in [0, 0.05) is 13.2 Å². The van der Waals surface area contributed by atoms with Crippen LogP contribution in [0.25, 0.3) is 0 Å². The molecule has 149 valence electrons. The molecular weight excluding hydrogens is 308 g/mol. The van der Waals surface area contributed by atoms with Crippen molar-refractivity contribution in [2.45, 2.75) is 116 Å². The largest absolute Gasteiger partial charge is 0.379 e. The van der Waals surface area contributed by atoms with Crippen LogP contribution in [0.2, 0.25) is 0 Å². The minimum Gasteiger partial charge on any atom is -0.379 e. The van der Waals surface area contributed by atoms with Crippen molar-refractivity contribution in [1.82, 2.24) is 0 Å². The van der Waals surface area contributed by atoms with Crippen molar-refractivity contribution in [2.24, 2.45) is 5.92 Å². The molecule has 2 unspecified atom stereocenters. The normalized spacial score (nSPS) is 20.4. The summed E-state index contributed by atoms with van der Waals surface area (Å²) in [5.41, 5.74) is 0. The van der Waals surface area contributed by atoms with E-state index in [1.165, 1.54) is 89.9 Å². The standard InChI is InChI=1S/C23H45O2/c1-3-5-7-8-9-10-11-12-13-14-15-16-17-22-19-23(25-20-22)21-24-18-6-4-2/h22-23H,2-21H2,1H3. The smallest absolute Gasteiger partial charge is 0.0812 e. The molecule has 0 aromatic carbocycles. The van der Waals surface area contributed by atoms with Crippen LogP contribution in [0, 0.1) is 12.8 Å². The summed E-state index contributed by atoms with van der Waals surface area (Å²) < 4.78 is 11.5. The molecule has 0 aromatic rings. The van der Waals surface area contributed by atoms with E-state index >= 15 is 0 Å². The average Bonchev–Trinajstić information content (AvgIpc) is 3.07. The Kier molecular flexibility index (Phi) is 15.9. The Hall–Kier alpha value is -0.0800. The quantitative estimate of drug-likeness (QED) is 0.244. The molecule has 0 aromatic heterocycles. The van der Waals surface area contributed by atoms with Crippen molar-refractivity contribution in [3.8, 4) is 0 Å². The van der Waals surface area contributed by atoms with Gasteiger partial charge in [0.1, 0.15) is 0 Å². The summed E-state index contributed by atoms with van der Waals surface area (Å²) in [6.07, 6.45) is 22.1. The summed E-state index contributed by atoms with van der Waals surface area (Å²) in [6, 6.07) is 0. The van der Waals surface area contributed by atoms with Crippen LogP contribution in [0.3, 0.4) is 0 Å². The molecule has 0 saturated carbocycles. The lowest BCUT2D eigenvalue weighted by molar-refractivity contribution is 0.0159. The predicted octanol–water partition coefficient (Wildman–Crippen LogP) is 7.11. The molecular formula is C23H45O2. The van der Waals surface area contributed by atoms with E-state index < -0.39 is 0 Å². The molecule has 2 nitrogen and oxygen atoms in total. The summed E-state index contributed by atoms with van der Waals surface area (Å²) in [4.78, 5) is 0. The first-order valence-corrected chi connectivity index (χ1v) is 11.4.